The van der Waals surface area contributed by atoms with Gasteiger partial charge in [0.15, 0.2) is 0 Å². The van der Waals surface area contributed by atoms with Crippen LogP contribution in [0, 0.1) is 6.92 Å². The van der Waals surface area contributed by atoms with Gasteiger partial charge in [0.1, 0.15) is 5.76 Å². The summed E-state index contributed by atoms with van der Waals surface area (Å²) in [5.41, 5.74) is 0. The summed E-state index contributed by atoms with van der Waals surface area (Å²) in [4.78, 5) is 0. The third kappa shape index (κ3) is 0.637. The average molecular weight is 132 g/mol. The predicted molar refractivity (Wildman–Crippen MR) is 41.0 cm³/mol. The van der Waals surface area contributed by atoms with Gasteiger partial charge in [-0.05, 0) is 6.92 Å². The first kappa shape index (κ1) is 5.54. The van der Waals surface area contributed by atoms with E-state index in [-0.39, 0.29) is 0 Å². The third-order valence-electron chi connectivity index (χ3n) is 1.70. The number of furan rings is 1. The van der Waals surface area contributed by atoms with Gasteiger partial charge in [0.2, 0.25) is 0 Å². The highest BCUT2D eigenvalue weighted by molar-refractivity contribution is 5.83. The molecule has 0 fully saturated rings. The van der Waals surface area contributed by atoms with Crippen LogP contribution in [-0.2, 0) is 0 Å². The Labute approximate surface area is 59.3 Å². The van der Waals surface area contributed by atoms with E-state index in [0.717, 1.165) is 5.76 Å². The van der Waals surface area contributed by atoms with Crippen LogP contribution in [0.15, 0.2) is 34.9 Å². The smallest absolute Gasteiger partial charge is 0.108 e. The van der Waals surface area contributed by atoms with Crippen molar-refractivity contribution in [3.63, 3.8) is 0 Å². The van der Waals surface area contributed by atoms with Gasteiger partial charge in [0, 0.05) is 10.8 Å². The summed E-state index contributed by atoms with van der Waals surface area (Å²) in [6.07, 6.45) is 1.78. The van der Waals surface area contributed by atoms with E-state index in [1.54, 1.807) is 6.26 Å². The van der Waals surface area contributed by atoms with Crippen LogP contribution in [0.3, 0.4) is 0 Å². The zero-order chi connectivity index (χ0) is 6.97. The quantitative estimate of drug-likeness (QED) is 0.537. The molecule has 2 aromatic rings. The fraction of sp³-hybridized carbons (Fsp3) is 0.111. The third-order valence-corrected chi connectivity index (χ3v) is 1.70. The molecular weight excluding hydrogens is 124 g/mol. The Balaban J connectivity index is 2.93. The van der Waals surface area contributed by atoms with Crippen LogP contribution >= 0.6 is 0 Å². The molecule has 10 heavy (non-hydrogen) atoms. The maximum Gasteiger partial charge on any atom is 0.108 e. The summed E-state index contributed by atoms with van der Waals surface area (Å²) in [7, 11) is 0. The second-order valence-electron chi connectivity index (χ2n) is 2.38. The first-order valence-corrected chi connectivity index (χ1v) is 3.31. The Hall–Kier alpha value is -1.24. The van der Waals surface area contributed by atoms with E-state index in [9.17, 15) is 0 Å². The van der Waals surface area contributed by atoms with E-state index < -0.39 is 0 Å². The monoisotopic (exact) mass is 132 g/mol. The van der Waals surface area contributed by atoms with Crippen molar-refractivity contribution in [1.82, 2.24) is 0 Å². The molecule has 0 saturated heterocycles. The van der Waals surface area contributed by atoms with Gasteiger partial charge in [-0.25, -0.2) is 0 Å². The van der Waals surface area contributed by atoms with Gasteiger partial charge >= 0.3 is 0 Å². The van der Waals surface area contributed by atoms with Crippen molar-refractivity contribution < 1.29 is 4.42 Å². The van der Waals surface area contributed by atoms with E-state index in [0.29, 0.717) is 0 Å². The molecule has 0 spiro atoms. The Bertz CT molecular complexity index is 346. The summed E-state index contributed by atoms with van der Waals surface area (Å²) in [5.74, 6) is 0.996. The minimum absolute atomic E-state index is 0.996. The van der Waals surface area contributed by atoms with Crippen molar-refractivity contribution >= 4 is 10.8 Å². The van der Waals surface area contributed by atoms with Crippen molar-refractivity contribution in [2.75, 3.05) is 0 Å². The van der Waals surface area contributed by atoms with E-state index in [4.69, 9.17) is 4.42 Å². The summed E-state index contributed by atoms with van der Waals surface area (Å²) < 4.78 is 5.21. The molecule has 0 unspecified atom stereocenters. The topological polar surface area (TPSA) is 13.1 Å². The highest BCUT2D eigenvalue weighted by Crippen LogP contribution is 2.18. The van der Waals surface area contributed by atoms with Gasteiger partial charge in [0.05, 0.1) is 6.26 Å². The minimum Gasteiger partial charge on any atom is -0.468 e. The van der Waals surface area contributed by atoms with Gasteiger partial charge in [-0.15, -0.1) is 0 Å². The van der Waals surface area contributed by atoms with Crippen LogP contribution in [-0.4, -0.2) is 0 Å². The maximum absolute atomic E-state index is 5.21. The van der Waals surface area contributed by atoms with E-state index >= 15 is 0 Å². The molecule has 0 amide bonds. The molecule has 1 aromatic heterocycles. The maximum atomic E-state index is 5.21. The lowest BCUT2D eigenvalue weighted by Gasteiger charge is -1.84. The summed E-state index contributed by atoms with van der Waals surface area (Å²) in [5, 5.41) is 2.39. The zero-order valence-corrected chi connectivity index (χ0v) is 5.79. The van der Waals surface area contributed by atoms with Gasteiger partial charge < -0.3 is 4.42 Å². The van der Waals surface area contributed by atoms with Crippen LogP contribution in [0.25, 0.3) is 10.8 Å². The molecule has 0 bridgehead atoms. The first-order valence-electron chi connectivity index (χ1n) is 3.31. The average Bonchev–Trinajstić information content (AvgIpc) is 2.34. The van der Waals surface area contributed by atoms with Gasteiger partial charge in [-0.2, -0.15) is 0 Å². The molecule has 0 aliphatic heterocycles. The fourth-order valence-electron chi connectivity index (χ4n) is 1.14. The highest BCUT2D eigenvalue weighted by Gasteiger charge is 1.97. The Morgan fingerprint density at radius 3 is 2.80 bits per heavy atom. The molecule has 1 nitrogen and oxygen atoms in total. The molecule has 1 aromatic carbocycles. The Morgan fingerprint density at radius 1 is 1.20 bits per heavy atom. The lowest BCUT2D eigenvalue weighted by molar-refractivity contribution is 0.540. The largest absolute Gasteiger partial charge is 0.468 e. The van der Waals surface area contributed by atoms with E-state index in [1.165, 1.54) is 10.8 Å². The van der Waals surface area contributed by atoms with Crippen molar-refractivity contribution in [3.8, 4) is 0 Å². The standard InChI is InChI=1S/C9H8O/c1-7-9-5-3-2-4-8(9)6-10-7/h2-6H,1H3. The first-order chi connectivity index (χ1) is 4.88. The highest BCUT2D eigenvalue weighted by atomic mass is 16.3. The number of aryl methyl sites for hydroxylation is 1. The molecule has 0 aliphatic carbocycles. The predicted octanol–water partition coefficient (Wildman–Crippen LogP) is 2.74. The molecule has 0 radical (unpaired) electrons. The van der Waals surface area contributed by atoms with Crippen LogP contribution in [0.5, 0.6) is 0 Å². The Morgan fingerprint density at radius 2 is 2.00 bits per heavy atom. The summed E-state index contributed by atoms with van der Waals surface area (Å²) in [6, 6.07) is 8.14. The fourth-order valence-corrected chi connectivity index (χ4v) is 1.14. The molecule has 0 N–H and O–H groups in total. The van der Waals surface area contributed by atoms with Gasteiger partial charge in [-0.1, -0.05) is 24.3 Å². The normalized spacial score (nSPS) is 10.5. The molecule has 0 saturated carbocycles. The SMILES string of the molecule is Cc1occ2ccccc12. The number of hydrogen-bond donors (Lipinski definition) is 0. The Kier molecular flexibility index (Phi) is 1.04. The van der Waals surface area contributed by atoms with Crippen LogP contribution < -0.4 is 0 Å². The molecule has 1 heterocycles. The van der Waals surface area contributed by atoms with Crippen LogP contribution in [0.2, 0.25) is 0 Å². The van der Waals surface area contributed by atoms with Crippen molar-refractivity contribution in [1.29, 1.82) is 0 Å². The van der Waals surface area contributed by atoms with Crippen molar-refractivity contribution in [2.45, 2.75) is 6.92 Å². The number of fused-ring (bicyclic) bond motifs is 1. The van der Waals surface area contributed by atoms with E-state index in [2.05, 4.69) is 6.07 Å². The second kappa shape index (κ2) is 1.87. The van der Waals surface area contributed by atoms with Crippen LogP contribution in [0.1, 0.15) is 5.76 Å². The lowest BCUT2D eigenvalue weighted by Crippen LogP contribution is -1.63. The van der Waals surface area contributed by atoms with Gasteiger partial charge in [-0.3, -0.25) is 0 Å². The number of benzene rings is 1. The van der Waals surface area contributed by atoms with E-state index in [1.807, 2.05) is 25.1 Å². The summed E-state index contributed by atoms with van der Waals surface area (Å²) >= 11 is 0. The zero-order valence-electron chi connectivity index (χ0n) is 5.79. The van der Waals surface area contributed by atoms with Crippen molar-refractivity contribution in [3.05, 3.63) is 36.3 Å². The molecule has 0 atom stereocenters. The minimum atomic E-state index is 0.996. The number of hydrogen-bond acceptors (Lipinski definition) is 1. The van der Waals surface area contributed by atoms with Crippen LogP contribution in [0.4, 0.5) is 0 Å². The summed E-state index contributed by atoms with van der Waals surface area (Å²) in [6.45, 7) is 1.97. The van der Waals surface area contributed by atoms with Crippen molar-refractivity contribution in [2.24, 2.45) is 0 Å². The number of rotatable bonds is 0. The lowest BCUT2D eigenvalue weighted by atomic mass is 10.2. The molecule has 1 heteroatoms. The molecule has 0 aliphatic rings. The van der Waals surface area contributed by atoms with Gasteiger partial charge in [0.25, 0.3) is 0 Å². The molecular formula is C9H8O. The molecule has 50 valence electrons. The molecule has 2 rings (SSSR count). The second-order valence-corrected chi connectivity index (χ2v) is 2.38.